The highest BCUT2D eigenvalue weighted by Crippen LogP contribution is 2.29. The van der Waals surface area contributed by atoms with Crippen LogP contribution < -0.4 is 0 Å². The molecule has 3 nitrogen and oxygen atoms in total. The van der Waals surface area contributed by atoms with Gasteiger partial charge in [-0.2, -0.15) is 16.1 Å². The van der Waals surface area contributed by atoms with Gasteiger partial charge in [-0.1, -0.05) is 13.8 Å². The van der Waals surface area contributed by atoms with Crippen molar-refractivity contribution in [3.8, 4) is 0 Å². The second kappa shape index (κ2) is 6.22. The lowest BCUT2D eigenvalue weighted by Crippen LogP contribution is -2.43. The van der Waals surface area contributed by atoms with E-state index in [0.29, 0.717) is 13.1 Å². The summed E-state index contributed by atoms with van der Waals surface area (Å²) in [5.74, 6) is -0.521. The lowest BCUT2D eigenvalue weighted by molar-refractivity contribution is 0.404. The molecular formula is C13H17ClFNO2S2. The number of sulfonamides is 1. The Morgan fingerprint density at radius 3 is 2.50 bits per heavy atom. The van der Waals surface area contributed by atoms with Gasteiger partial charge in [0.2, 0.25) is 10.0 Å². The highest BCUT2D eigenvalue weighted by molar-refractivity contribution is 8.00. The zero-order chi connectivity index (χ0) is 14.9. The zero-order valence-corrected chi connectivity index (χ0v) is 13.7. The van der Waals surface area contributed by atoms with E-state index in [4.69, 9.17) is 11.6 Å². The molecule has 2 atom stereocenters. The predicted molar refractivity (Wildman–Crippen MR) is 81.2 cm³/mol. The Hall–Kier alpha value is -0.300. The Morgan fingerprint density at radius 2 is 1.95 bits per heavy atom. The first-order valence-electron chi connectivity index (χ1n) is 6.34. The zero-order valence-electron chi connectivity index (χ0n) is 11.3. The second-order valence-electron chi connectivity index (χ2n) is 4.97. The number of hydrogen-bond acceptors (Lipinski definition) is 3. The number of thioether (sulfide) groups is 1. The van der Waals surface area contributed by atoms with Gasteiger partial charge in [0, 0.05) is 29.2 Å². The first kappa shape index (κ1) is 16.1. The van der Waals surface area contributed by atoms with Crippen molar-refractivity contribution in [1.82, 2.24) is 4.31 Å². The summed E-state index contributed by atoms with van der Waals surface area (Å²) in [5.41, 5.74) is 0.209. The molecule has 0 amide bonds. The first-order chi connectivity index (χ1) is 9.34. The molecule has 0 saturated carbocycles. The van der Waals surface area contributed by atoms with E-state index in [1.165, 1.54) is 16.4 Å². The summed E-state index contributed by atoms with van der Waals surface area (Å²) in [6.07, 6.45) is 0. The lowest BCUT2D eigenvalue weighted by atomic mass is 10.2. The summed E-state index contributed by atoms with van der Waals surface area (Å²) >= 11 is 7.41. The van der Waals surface area contributed by atoms with Crippen LogP contribution in [0.3, 0.4) is 0 Å². The molecule has 1 saturated heterocycles. The molecule has 7 heteroatoms. The third-order valence-corrected chi connectivity index (χ3v) is 6.53. The Labute approximate surface area is 128 Å². The van der Waals surface area contributed by atoms with E-state index in [1.807, 2.05) is 13.8 Å². The molecule has 0 bridgehead atoms. The molecule has 1 aliphatic heterocycles. The number of hydrogen-bond donors (Lipinski definition) is 0. The predicted octanol–water partition coefficient (Wildman–Crippen LogP) is 3.08. The normalized spacial score (nSPS) is 24.8. The van der Waals surface area contributed by atoms with Crippen molar-refractivity contribution in [2.75, 3.05) is 13.1 Å². The van der Waals surface area contributed by atoms with Gasteiger partial charge in [0.15, 0.2) is 0 Å². The molecule has 112 valence electrons. The number of benzene rings is 1. The highest BCUT2D eigenvalue weighted by atomic mass is 35.5. The molecule has 0 spiro atoms. The van der Waals surface area contributed by atoms with E-state index in [1.54, 1.807) is 11.8 Å². The van der Waals surface area contributed by atoms with Gasteiger partial charge in [0.25, 0.3) is 0 Å². The van der Waals surface area contributed by atoms with Crippen molar-refractivity contribution in [3.05, 3.63) is 29.6 Å². The van der Waals surface area contributed by atoms with Crippen LogP contribution in [0.25, 0.3) is 0 Å². The van der Waals surface area contributed by atoms with Gasteiger partial charge in [0.05, 0.1) is 10.8 Å². The van der Waals surface area contributed by atoms with E-state index in [9.17, 15) is 12.8 Å². The number of nitrogens with zero attached hydrogens (tertiary/aromatic N) is 1. The molecule has 1 fully saturated rings. The van der Waals surface area contributed by atoms with Gasteiger partial charge in [-0.3, -0.25) is 0 Å². The van der Waals surface area contributed by atoms with Crippen LogP contribution in [0, 0.1) is 5.82 Å². The van der Waals surface area contributed by atoms with Gasteiger partial charge >= 0.3 is 0 Å². The largest absolute Gasteiger partial charge is 0.243 e. The van der Waals surface area contributed by atoms with Crippen LogP contribution >= 0.6 is 23.4 Å². The molecule has 1 aromatic rings. The summed E-state index contributed by atoms with van der Waals surface area (Å²) in [7, 11) is -3.58. The van der Waals surface area contributed by atoms with E-state index in [0.717, 1.165) is 6.07 Å². The van der Waals surface area contributed by atoms with Gasteiger partial charge in [-0.25, -0.2) is 12.8 Å². The summed E-state index contributed by atoms with van der Waals surface area (Å²) in [4.78, 5) is 0.112. The van der Waals surface area contributed by atoms with Crippen LogP contribution in [0.4, 0.5) is 4.39 Å². The SMILES string of the molecule is CC1CN(S(=O)(=O)c2ccc(F)c(CCl)c2)CC(C)S1. The lowest BCUT2D eigenvalue weighted by Gasteiger charge is -2.33. The maximum Gasteiger partial charge on any atom is 0.243 e. The fourth-order valence-electron chi connectivity index (χ4n) is 2.29. The maximum absolute atomic E-state index is 13.4. The van der Waals surface area contributed by atoms with Crippen molar-refractivity contribution in [1.29, 1.82) is 0 Å². The van der Waals surface area contributed by atoms with Crippen LogP contribution in [0.2, 0.25) is 0 Å². The summed E-state index contributed by atoms with van der Waals surface area (Å²) in [6.45, 7) is 4.98. The van der Waals surface area contributed by atoms with E-state index < -0.39 is 15.8 Å². The van der Waals surface area contributed by atoms with Crippen molar-refractivity contribution >= 4 is 33.4 Å². The van der Waals surface area contributed by atoms with Crippen molar-refractivity contribution in [2.24, 2.45) is 0 Å². The van der Waals surface area contributed by atoms with Gasteiger partial charge in [-0.15, -0.1) is 11.6 Å². The van der Waals surface area contributed by atoms with E-state index in [-0.39, 0.29) is 26.8 Å². The third kappa shape index (κ3) is 3.30. The van der Waals surface area contributed by atoms with E-state index >= 15 is 0 Å². The molecule has 1 aromatic carbocycles. The molecule has 0 aliphatic carbocycles. The fourth-order valence-corrected chi connectivity index (χ4v) is 5.68. The molecule has 0 radical (unpaired) electrons. The van der Waals surface area contributed by atoms with Gasteiger partial charge in [0.1, 0.15) is 5.82 Å². The third-order valence-electron chi connectivity index (χ3n) is 3.19. The van der Waals surface area contributed by atoms with Crippen LogP contribution in [-0.2, 0) is 15.9 Å². The van der Waals surface area contributed by atoms with Crippen LogP contribution in [0.15, 0.2) is 23.1 Å². The molecular weight excluding hydrogens is 321 g/mol. The van der Waals surface area contributed by atoms with Crippen molar-refractivity contribution in [3.63, 3.8) is 0 Å². The summed E-state index contributed by atoms with van der Waals surface area (Å²) < 4.78 is 40.1. The quantitative estimate of drug-likeness (QED) is 0.795. The van der Waals surface area contributed by atoms with E-state index in [2.05, 4.69) is 0 Å². The topological polar surface area (TPSA) is 37.4 Å². The molecule has 20 heavy (non-hydrogen) atoms. The Kier molecular flexibility index (Phi) is 5.00. The highest BCUT2D eigenvalue weighted by Gasteiger charge is 2.32. The average molecular weight is 338 g/mol. The van der Waals surface area contributed by atoms with Crippen molar-refractivity contribution in [2.45, 2.75) is 35.1 Å². The summed E-state index contributed by atoms with van der Waals surface area (Å²) in [6, 6.07) is 3.79. The minimum absolute atomic E-state index is 0.0438. The maximum atomic E-state index is 13.4. The minimum atomic E-state index is -3.58. The first-order valence-corrected chi connectivity index (χ1v) is 9.26. The molecule has 0 N–H and O–H groups in total. The number of rotatable bonds is 3. The molecule has 1 heterocycles. The molecule has 2 unspecified atom stereocenters. The fraction of sp³-hybridized carbons (Fsp3) is 0.538. The monoisotopic (exact) mass is 337 g/mol. The van der Waals surface area contributed by atoms with Crippen LogP contribution in [0.1, 0.15) is 19.4 Å². The molecule has 1 aliphatic rings. The Balaban J connectivity index is 2.34. The van der Waals surface area contributed by atoms with Gasteiger partial charge in [-0.05, 0) is 18.2 Å². The van der Waals surface area contributed by atoms with Gasteiger partial charge < -0.3 is 0 Å². The Morgan fingerprint density at radius 1 is 1.35 bits per heavy atom. The van der Waals surface area contributed by atoms with Crippen LogP contribution in [0.5, 0.6) is 0 Å². The number of alkyl halides is 1. The van der Waals surface area contributed by atoms with Crippen molar-refractivity contribution < 1.29 is 12.8 Å². The molecule has 0 aromatic heterocycles. The van der Waals surface area contributed by atoms with Crippen LogP contribution in [-0.4, -0.2) is 36.3 Å². The average Bonchev–Trinajstić information content (AvgIpc) is 2.37. The minimum Gasteiger partial charge on any atom is -0.207 e. The number of halogens is 2. The standard InChI is InChI=1S/C13H17ClFNO2S2/c1-9-7-16(8-10(2)19-9)20(17,18)12-3-4-13(15)11(5-12)6-14/h3-5,9-10H,6-8H2,1-2H3. The molecule has 2 rings (SSSR count). The Bertz CT molecular complexity index is 584. The smallest absolute Gasteiger partial charge is 0.207 e. The second-order valence-corrected chi connectivity index (χ2v) is 9.05. The summed E-state index contributed by atoms with van der Waals surface area (Å²) in [5, 5.41) is 0.503.